The summed E-state index contributed by atoms with van der Waals surface area (Å²) in [6, 6.07) is 0. The molecular formula is C17H28O5. The van der Waals surface area contributed by atoms with E-state index in [0.717, 1.165) is 19.3 Å². The lowest BCUT2D eigenvalue weighted by Crippen LogP contribution is -2.07. The van der Waals surface area contributed by atoms with Gasteiger partial charge in [-0.15, -0.1) is 0 Å². The molecule has 22 heavy (non-hydrogen) atoms. The Balaban J connectivity index is 3.41. The molecule has 5 heteroatoms. The van der Waals surface area contributed by atoms with Crippen LogP contribution >= 0.6 is 0 Å². The van der Waals surface area contributed by atoms with Crippen LogP contribution in [0, 0.1) is 0 Å². The van der Waals surface area contributed by atoms with Crippen molar-refractivity contribution < 1.29 is 24.4 Å². The third-order valence-electron chi connectivity index (χ3n) is 3.12. The van der Waals surface area contributed by atoms with E-state index in [9.17, 15) is 10.2 Å². The van der Waals surface area contributed by atoms with Crippen molar-refractivity contribution in [3.8, 4) is 28.7 Å². The highest BCUT2D eigenvalue weighted by molar-refractivity contribution is 5.69. The van der Waals surface area contributed by atoms with Gasteiger partial charge in [-0.3, -0.25) is 0 Å². The van der Waals surface area contributed by atoms with Gasteiger partial charge in [-0.25, -0.2) is 0 Å². The van der Waals surface area contributed by atoms with Crippen molar-refractivity contribution in [1.29, 1.82) is 0 Å². The van der Waals surface area contributed by atoms with Crippen LogP contribution in [0.15, 0.2) is 0 Å². The van der Waals surface area contributed by atoms with E-state index in [0.29, 0.717) is 43.3 Å². The lowest BCUT2D eigenvalue weighted by molar-refractivity contribution is 0.230. The van der Waals surface area contributed by atoms with E-state index < -0.39 is 0 Å². The summed E-state index contributed by atoms with van der Waals surface area (Å²) in [4.78, 5) is 0. The van der Waals surface area contributed by atoms with Crippen LogP contribution < -0.4 is 14.2 Å². The highest BCUT2D eigenvalue weighted by Gasteiger charge is 2.26. The third-order valence-corrected chi connectivity index (χ3v) is 3.12. The molecular weight excluding hydrogens is 284 g/mol. The lowest BCUT2D eigenvalue weighted by Gasteiger charge is -2.21. The summed E-state index contributed by atoms with van der Waals surface area (Å²) < 4.78 is 17.2. The first kappa shape index (κ1) is 18.3. The quantitative estimate of drug-likeness (QED) is 0.638. The standard InChI is InChI=1S/C17H28O5/c1-5-9-20-15-12(8-4)13(18)14(19)16(21-10-6-2)17(15)22-11-7-3/h18-19H,5-11H2,1-4H3. The molecule has 1 aromatic rings. The zero-order chi connectivity index (χ0) is 16.5. The van der Waals surface area contributed by atoms with E-state index in [2.05, 4.69) is 0 Å². The second kappa shape index (κ2) is 9.28. The lowest BCUT2D eigenvalue weighted by atomic mass is 10.1. The maximum atomic E-state index is 10.3. The molecule has 0 saturated heterocycles. The molecule has 1 aromatic carbocycles. The van der Waals surface area contributed by atoms with Crippen LogP contribution in [-0.4, -0.2) is 30.0 Å². The Labute approximate surface area is 132 Å². The zero-order valence-corrected chi connectivity index (χ0v) is 14.1. The van der Waals surface area contributed by atoms with Gasteiger partial charge in [0.15, 0.2) is 11.5 Å². The van der Waals surface area contributed by atoms with E-state index in [1.807, 2.05) is 27.7 Å². The molecule has 0 radical (unpaired) electrons. The molecule has 0 spiro atoms. The fraction of sp³-hybridized carbons (Fsp3) is 0.647. The van der Waals surface area contributed by atoms with Crippen LogP contribution in [0.4, 0.5) is 0 Å². The van der Waals surface area contributed by atoms with Crippen molar-refractivity contribution in [3.63, 3.8) is 0 Å². The minimum absolute atomic E-state index is 0.163. The summed E-state index contributed by atoms with van der Waals surface area (Å²) in [6.45, 7) is 9.29. The van der Waals surface area contributed by atoms with Gasteiger partial charge in [0, 0.05) is 5.56 Å². The summed E-state index contributed by atoms with van der Waals surface area (Å²) in [5, 5.41) is 20.5. The second-order valence-electron chi connectivity index (χ2n) is 5.06. The van der Waals surface area contributed by atoms with Crippen LogP contribution in [0.25, 0.3) is 0 Å². The third kappa shape index (κ3) is 4.12. The number of ether oxygens (including phenoxy) is 3. The SMILES string of the molecule is CCCOc1c(O)c(O)c(CC)c(OCCC)c1OCCC. The molecule has 0 aliphatic rings. The van der Waals surface area contributed by atoms with E-state index in [-0.39, 0.29) is 17.2 Å². The molecule has 0 saturated carbocycles. The van der Waals surface area contributed by atoms with Gasteiger partial charge in [0.05, 0.1) is 19.8 Å². The van der Waals surface area contributed by atoms with Crippen molar-refractivity contribution in [2.24, 2.45) is 0 Å². The largest absolute Gasteiger partial charge is 0.504 e. The van der Waals surface area contributed by atoms with E-state index in [1.165, 1.54) is 0 Å². The first-order valence-electron chi connectivity index (χ1n) is 8.11. The fourth-order valence-corrected chi connectivity index (χ4v) is 2.06. The molecule has 2 N–H and O–H groups in total. The van der Waals surface area contributed by atoms with Crippen molar-refractivity contribution in [2.75, 3.05) is 19.8 Å². The van der Waals surface area contributed by atoms with Gasteiger partial charge in [-0.1, -0.05) is 27.7 Å². The predicted molar refractivity (Wildman–Crippen MR) is 86.5 cm³/mol. The van der Waals surface area contributed by atoms with Gasteiger partial charge in [0.25, 0.3) is 0 Å². The molecule has 0 aromatic heterocycles. The Hall–Kier alpha value is -1.78. The minimum atomic E-state index is -0.278. The molecule has 0 atom stereocenters. The number of hydrogen-bond donors (Lipinski definition) is 2. The number of phenols is 2. The van der Waals surface area contributed by atoms with Crippen molar-refractivity contribution in [2.45, 2.75) is 53.4 Å². The van der Waals surface area contributed by atoms with Crippen LogP contribution in [-0.2, 0) is 6.42 Å². The normalized spacial score (nSPS) is 10.5. The van der Waals surface area contributed by atoms with E-state index in [4.69, 9.17) is 14.2 Å². The fourth-order valence-electron chi connectivity index (χ4n) is 2.06. The maximum Gasteiger partial charge on any atom is 0.211 e. The topological polar surface area (TPSA) is 68.2 Å². The maximum absolute atomic E-state index is 10.3. The monoisotopic (exact) mass is 312 g/mol. The number of phenolic OH excluding ortho intramolecular Hbond substituents is 2. The summed E-state index contributed by atoms with van der Waals surface area (Å²) >= 11 is 0. The number of rotatable bonds is 10. The van der Waals surface area contributed by atoms with E-state index >= 15 is 0 Å². The molecule has 5 nitrogen and oxygen atoms in total. The van der Waals surface area contributed by atoms with Gasteiger partial charge >= 0.3 is 0 Å². The molecule has 0 heterocycles. The molecule has 0 amide bonds. The summed E-state index contributed by atoms with van der Waals surface area (Å²) in [6.07, 6.45) is 2.97. The molecule has 0 fully saturated rings. The average molecular weight is 312 g/mol. The molecule has 0 aliphatic carbocycles. The van der Waals surface area contributed by atoms with Gasteiger partial charge in [-0.05, 0) is 25.7 Å². The van der Waals surface area contributed by atoms with E-state index in [1.54, 1.807) is 0 Å². The Morgan fingerprint density at radius 1 is 0.636 bits per heavy atom. The zero-order valence-electron chi connectivity index (χ0n) is 14.1. The Morgan fingerprint density at radius 2 is 1.09 bits per heavy atom. The van der Waals surface area contributed by atoms with Crippen molar-refractivity contribution in [3.05, 3.63) is 5.56 Å². The Morgan fingerprint density at radius 3 is 1.55 bits per heavy atom. The highest BCUT2D eigenvalue weighted by Crippen LogP contribution is 2.53. The molecule has 1 rings (SSSR count). The van der Waals surface area contributed by atoms with Crippen LogP contribution in [0.2, 0.25) is 0 Å². The summed E-state index contributed by atoms with van der Waals surface area (Å²) in [7, 11) is 0. The van der Waals surface area contributed by atoms with Gasteiger partial charge < -0.3 is 24.4 Å². The van der Waals surface area contributed by atoms with Crippen LogP contribution in [0.1, 0.15) is 52.5 Å². The molecule has 126 valence electrons. The van der Waals surface area contributed by atoms with Gasteiger partial charge in [0.2, 0.25) is 17.2 Å². The smallest absolute Gasteiger partial charge is 0.211 e. The first-order chi connectivity index (χ1) is 10.6. The van der Waals surface area contributed by atoms with Gasteiger partial charge in [-0.2, -0.15) is 0 Å². The summed E-state index contributed by atoms with van der Waals surface area (Å²) in [5.41, 5.74) is 0.543. The Kier molecular flexibility index (Phi) is 7.71. The number of benzene rings is 1. The number of hydrogen-bond acceptors (Lipinski definition) is 5. The predicted octanol–water partition coefficient (Wildman–Crippen LogP) is 4.03. The highest BCUT2D eigenvalue weighted by atomic mass is 16.5. The van der Waals surface area contributed by atoms with Crippen molar-refractivity contribution in [1.82, 2.24) is 0 Å². The molecule has 0 aliphatic heterocycles. The first-order valence-corrected chi connectivity index (χ1v) is 8.11. The van der Waals surface area contributed by atoms with Crippen molar-refractivity contribution >= 4 is 0 Å². The second-order valence-corrected chi connectivity index (χ2v) is 5.06. The summed E-state index contributed by atoms with van der Waals surface area (Å²) in [5.74, 6) is 0.551. The Bertz CT molecular complexity index is 471. The van der Waals surface area contributed by atoms with Crippen LogP contribution in [0.3, 0.4) is 0 Å². The van der Waals surface area contributed by atoms with Gasteiger partial charge in [0.1, 0.15) is 0 Å². The number of aromatic hydroxyl groups is 2. The molecule has 0 bridgehead atoms. The van der Waals surface area contributed by atoms with Crippen LogP contribution in [0.5, 0.6) is 28.7 Å². The molecule has 0 unspecified atom stereocenters. The average Bonchev–Trinajstić information content (AvgIpc) is 2.53. The minimum Gasteiger partial charge on any atom is -0.504 e.